The van der Waals surface area contributed by atoms with Gasteiger partial charge in [-0.1, -0.05) is 0 Å². The molecule has 1 aliphatic rings. The second-order valence-electron chi connectivity index (χ2n) is 4.06. The summed E-state index contributed by atoms with van der Waals surface area (Å²) in [7, 11) is 0. The molecule has 1 aliphatic heterocycles. The first kappa shape index (κ1) is 15.3. The summed E-state index contributed by atoms with van der Waals surface area (Å²) in [5, 5.41) is 6.36. The first-order valence-electron chi connectivity index (χ1n) is 5.87. The van der Waals surface area contributed by atoms with E-state index in [9.17, 15) is 4.79 Å². The van der Waals surface area contributed by atoms with Crippen LogP contribution in [0.25, 0.3) is 0 Å². The number of rotatable bonds is 4. The van der Waals surface area contributed by atoms with Crippen LogP contribution in [0.15, 0.2) is 29.4 Å². The number of thioether (sulfide) groups is 1. The first-order valence-corrected chi connectivity index (χ1v) is 6.86. The molecule has 0 saturated carbocycles. The molecule has 0 atom stereocenters. The number of halogens is 1. The number of piperidine rings is 1. The van der Waals surface area contributed by atoms with Gasteiger partial charge in [0.25, 0.3) is 0 Å². The third kappa shape index (κ3) is 5.25. The fraction of sp³-hybridized carbons (Fsp3) is 0.500. The number of nitrogens with one attached hydrogen (secondary N) is 2. The molecule has 2 heterocycles. The summed E-state index contributed by atoms with van der Waals surface area (Å²) in [6, 6.07) is 4.19. The number of carbonyl (C=O) groups excluding carboxylic acids is 1. The van der Waals surface area contributed by atoms with Crippen molar-refractivity contribution in [3.8, 4) is 0 Å². The number of amides is 1. The molecule has 1 saturated heterocycles. The average Bonchev–Trinajstić information content (AvgIpc) is 2.39. The van der Waals surface area contributed by atoms with Crippen molar-refractivity contribution in [2.24, 2.45) is 0 Å². The average molecular weight is 288 g/mol. The van der Waals surface area contributed by atoms with Gasteiger partial charge in [-0.15, -0.1) is 24.2 Å². The van der Waals surface area contributed by atoms with Crippen molar-refractivity contribution in [1.82, 2.24) is 15.6 Å². The predicted molar refractivity (Wildman–Crippen MR) is 76.2 cm³/mol. The molecule has 0 radical (unpaired) electrons. The zero-order valence-corrected chi connectivity index (χ0v) is 11.7. The molecular formula is C12H18ClN3OS. The molecule has 1 fully saturated rings. The molecular weight excluding hydrogens is 270 g/mol. The van der Waals surface area contributed by atoms with Crippen LogP contribution >= 0.6 is 24.2 Å². The van der Waals surface area contributed by atoms with E-state index in [1.54, 1.807) is 24.2 Å². The van der Waals surface area contributed by atoms with Gasteiger partial charge in [-0.25, -0.2) is 0 Å². The Kier molecular flexibility index (Phi) is 7.08. The molecule has 0 aromatic carbocycles. The van der Waals surface area contributed by atoms with Crippen molar-refractivity contribution in [1.29, 1.82) is 0 Å². The molecule has 0 unspecified atom stereocenters. The molecule has 1 amide bonds. The van der Waals surface area contributed by atoms with Gasteiger partial charge < -0.3 is 10.6 Å². The van der Waals surface area contributed by atoms with E-state index in [1.165, 1.54) is 0 Å². The summed E-state index contributed by atoms with van der Waals surface area (Å²) < 4.78 is 0. The molecule has 0 spiro atoms. The van der Waals surface area contributed by atoms with Gasteiger partial charge in [-0.2, -0.15) is 0 Å². The number of pyridine rings is 1. The Morgan fingerprint density at radius 1 is 1.39 bits per heavy atom. The monoisotopic (exact) mass is 287 g/mol. The first-order chi connectivity index (χ1) is 8.34. The van der Waals surface area contributed by atoms with Crippen LogP contribution in [-0.2, 0) is 4.79 Å². The highest BCUT2D eigenvalue weighted by atomic mass is 35.5. The second kappa shape index (κ2) is 8.34. The Labute approximate surface area is 118 Å². The fourth-order valence-corrected chi connectivity index (χ4v) is 2.51. The summed E-state index contributed by atoms with van der Waals surface area (Å²) in [6.07, 6.45) is 5.55. The van der Waals surface area contributed by atoms with Gasteiger partial charge in [0.15, 0.2) is 0 Å². The Morgan fingerprint density at radius 2 is 2.06 bits per heavy atom. The van der Waals surface area contributed by atoms with Gasteiger partial charge in [0.1, 0.15) is 0 Å². The maximum absolute atomic E-state index is 11.7. The minimum absolute atomic E-state index is 0. The van der Waals surface area contributed by atoms with Crippen molar-refractivity contribution in [2.45, 2.75) is 23.8 Å². The van der Waals surface area contributed by atoms with Crippen molar-refractivity contribution in [3.05, 3.63) is 24.5 Å². The lowest BCUT2D eigenvalue weighted by molar-refractivity contribution is -0.119. The third-order valence-corrected chi connectivity index (χ3v) is 3.74. The number of aromatic nitrogens is 1. The van der Waals surface area contributed by atoms with E-state index in [0.29, 0.717) is 11.8 Å². The van der Waals surface area contributed by atoms with Crippen molar-refractivity contribution < 1.29 is 4.79 Å². The van der Waals surface area contributed by atoms with Crippen LogP contribution < -0.4 is 10.6 Å². The van der Waals surface area contributed by atoms with E-state index < -0.39 is 0 Å². The van der Waals surface area contributed by atoms with Gasteiger partial charge in [-0.3, -0.25) is 9.78 Å². The standard InChI is InChI=1S/C12H17N3OS.ClH/c16-12(15-10-1-5-13-6-2-10)9-17-11-3-7-14-8-4-11;/h3-4,7-8,10,13H,1-2,5-6,9H2,(H,15,16);1H. The zero-order chi connectivity index (χ0) is 11.9. The summed E-state index contributed by atoms with van der Waals surface area (Å²) in [5.41, 5.74) is 0. The maximum atomic E-state index is 11.7. The lowest BCUT2D eigenvalue weighted by atomic mass is 10.1. The smallest absolute Gasteiger partial charge is 0.230 e. The highest BCUT2D eigenvalue weighted by Crippen LogP contribution is 2.15. The van der Waals surface area contributed by atoms with E-state index in [2.05, 4.69) is 15.6 Å². The zero-order valence-electron chi connectivity index (χ0n) is 10.1. The van der Waals surface area contributed by atoms with Crippen LogP contribution in [0.4, 0.5) is 0 Å². The molecule has 6 heteroatoms. The number of hydrogen-bond donors (Lipinski definition) is 2. The number of hydrogen-bond acceptors (Lipinski definition) is 4. The predicted octanol–water partition coefficient (Wildman–Crippen LogP) is 1.46. The molecule has 1 aromatic heterocycles. The molecule has 100 valence electrons. The van der Waals surface area contributed by atoms with E-state index in [1.807, 2.05) is 12.1 Å². The molecule has 0 bridgehead atoms. The summed E-state index contributed by atoms with van der Waals surface area (Å²) in [5.74, 6) is 0.604. The minimum atomic E-state index is 0. The van der Waals surface area contributed by atoms with Crippen molar-refractivity contribution >= 4 is 30.1 Å². The maximum Gasteiger partial charge on any atom is 0.230 e. The minimum Gasteiger partial charge on any atom is -0.353 e. The van der Waals surface area contributed by atoms with E-state index in [0.717, 1.165) is 30.8 Å². The Balaban J connectivity index is 0.00000162. The summed E-state index contributed by atoms with van der Waals surface area (Å²) >= 11 is 1.55. The van der Waals surface area contributed by atoms with Crippen LogP contribution in [-0.4, -0.2) is 35.8 Å². The van der Waals surface area contributed by atoms with Gasteiger partial charge in [0, 0.05) is 23.3 Å². The fourth-order valence-electron chi connectivity index (χ4n) is 1.82. The van der Waals surface area contributed by atoms with Gasteiger partial charge in [0.2, 0.25) is 5.91 Å². The lowest BCUT2D eigenvalue weighted by Gasteiger charge is -2.23. The summed E-state index contributed by atoms with van der Waals surface area (Å²) in [6.45, 7) is 2.00. The summed E-state index contributed by atoms with van der Waals surface area (Å²) in [4.78, 5) is 16.7. The van der Waals surface area contributed by atoms with Crippen molar-refractivity contribution in [3.63, 3.8) is 0 Å². The van der Waals surface area contributed by atoms with Crippen molar-refractivity contribution in [2.75, 3.05) is 18.8 Å². The van der Waals surface area contributed by atoms with Gasteiger partial charge in [-0.05, 0) is 38.1 Å². The van der Waals surface area contributed by atoms with Gasteiger partial charge >= 0.3 is 0 Å². The molecule has 4 nitrogen and oxygen atoms in total. The Hall–Kier alpha value is -0.780. The number of nitrogens with zero attached hydrogens (tertiary/aromatic N) is 1. The Morgan fingerprint density at radius 3 is 2.72 bits per heavy atom. The SMILES string of the molecule is Cl.O=C(CSc1ccncc1)NC1CCNCC1. The largest absolute Gasteiger partial charge is 0.353 e. The van der Waals surface area contributed by atoms with E-state index in [4.69, 9.17) is 0 Å². The second-order valence-corrected chi connectivity index (χ2v) is 5.11. The topological polar surface area (TPSA) is 54.0 Å². The normalized spacial score (nSPS) is 15.8. The van der Waals surface area contributed by atoms with Gasteiger partial charge in [0.05, 0.1) is 5.75 Å². The highest BCUT2D eigenvalue weighted by Gasteiger charge is 2.15. The lowest BCUT2D eigenvalue weighted by Crippen LogP contribution is -2.43. The van der Waals surface area contributed by atoms with Crippen LogP contribution in [0.3, 0.4) is 0 Å². The van der Waals surface area contributed by atoms with E-state index >= 15 is 0 Å². The Bertz CT molecular complexity index is 358. The quantitative estimate of drug-likeness (QED) is 0.824. The number of carbonyl (C=O) groups is 1. The molecule has 0 aliphatic carbocycles. The van der Waals surface area contributed by atoms with E-state index in [-0.39, 0.29) is 18.3 Å². The molecule has 2 rings (SSSR count). The molecule has 2 N–H and O–H groups in total. The highest BCUT2D eigenvalue weighted by molar-refractivity contribution is 8.00. The third-order valence-electron chi connectivity index (χ3n) is 2.72. The van der Waals surface area contributed by atoms with Crippen LogP contribution in [0, 0.1) is 0 Å². The molecule has 1 aromatic rings. The van der Waals surface area contributed by atoms with Crippen LogP contribution in [0.1, 0.15) is 12.8 Å². The molecule has 18 heavy (non-hydrogen) atoms. The van der Waals surface area contributed by atoms with Crippen LogP contribution in [0.2, 0.25) is 0 Å². The van der Waals surface area contributed by atoms with Crippen LogP contribution in [0.5, 0.6) is 0 Å².